The average Bonchev–Trinajstić information content (AvgIpc) is 3.69. The largest absolute Gasteiger partial charge is 0.356 e. The van der Waals surface area contributed by atoms with Gasteiger partial charge in [0, 0.05) is 67.1 Å². The van der Waals surface area contributed by atoms with Crippen molar-refractivity contribution in [1.82, 2.24) is 19.7 Å². The molecular weight excluding hydrogens is 633 g/mol. The molecule has 2 aromatic carbocycles. The van der Waals surface area contributed by atoms with Gasteiger partial charge in [-0.25, -0.2) is 0 Å². The van der Waals surface area contributed by atoms with E-state index in [0.717, 1.165) is 104 Å². The highest BCUT2D eigenvalue weighted by Crippen LogP contribution is 2.42. The molecule has 2 fully saturated rings. The number of rotatable bonds is 15. The molecule has 1 aliphatic carbocycles. The fourth-order valence-electron chi connectivity index (χ4n) is 8.17. The molecule has 4 amide bonds. The summed E-state index contributed by atoms with van der Waals surface area (Å²) < 4.78 is 2.35. The zero-order valence-electron chi connectivity index (χ0n) is 29.5. The van der Waals surface area contributed by atoms with Gasteiger partial charge in [-0.15, -0.1) is 11.8 Å². The summed E-state index contributed by atoms with van der Waals surface area (Å²) in [6, 6.07) is 14.4. The lowest BCUT2D eigenvalue weighted by Gasteiger charge is -2.30. The fourth-order valence-corrected chi connectivity index (χ4v) is 9.12. The maximum Gasteiger partial charge on any atom is 0.254 e. The summed E-state index contributed by atoms with van der Waals surface area (Å²) >= 11 is 1.82. The van der Waals surface area contributed by atoms with E-state index in [9.17, 15) is 19.2 Å². The first-order chi connectivity index (χ1) is 23.8. The van der Waals surface area contributed by atoms with Crippen molar-refractivity contribution in [2.75, 3.05) is 25.4 Å². The van der Waals surface area contributed by atoms with Crippen LogP contribution in [-0.2, 0) is 33.9 Å². The van der Waals surface area contributed by atoms with Gasteiger partial charge in [0.2, 0.25) is 17.7 Å². The summed E-state index contributed by atoms with van der Waals surface area (Å²) in [5, 5.41) is 6.63. The third-order valence-electron chi connectivity index (χ3n) is 10.7. The number of hydrogen-bond acceptors (Lipinski definition) is 5. The molecule has 2 aliphatic heterocycles. The number of imide groups is 1. The van der Waals surface area contributed by atoms with E-state index in [2.05, 4.69) is 54.9 Å². The van der Waals surface area contributed by atoms with E-state index in [1.54, 1.807) is 0 Å². The number of nitrogens with one attached hydrogen (secondary N) is 1. The van der Waals surface area contributed by atoms with Crippen molar-refractivity contribution in [3.05, 3.63) is 64.8 Å². The number of nitrogens with zero attached hydrogens (tertiary/aromatic N) is 3. The van der Waals surface area contributed by atoms with Crippen LogP contribution in [0.4, 0.5) is 0 Å². The van der Waals surface area contributed by atoms with Gasteiger partial charge in [-0.3, -0.25) is 24.1 Å². The summed E-state index contributed by atoms with van der Waals surface area (Å²) in [4.78, 5) is 56.5. The number of carbonyl (C=O) groups excluding carboxylic acids is 4. The van der Waals surface area contributed by atoms with Gasteiger partial charge in [-0.1, -0.05) is 70.0 Å². The Bertz CT molecular complexity index is 1690. The number of thioether (sulfide) groups is 1. The number of fused-ring (bicyclic) bond motifs is 2. The zero-order valence-corrected chi connectivity index (χ0v) is 30.3. The predicted octanol–water partition coefficient (Wildman–Crippen LogP) is 7.32. The number of likely N-dealkylation sites (tertiary alicyclic amines) is 1. The Morgan fingerprint density at radius 1 is 0.918 bits per heavy atom. The molecule has 9 heteroatoms. The van der Waals surface area contributed by atoms with Gasteiger partial charge in [-0.2, -0.15) is 0 Å². The van der Waals surface area contributed by atoms with Crippen molar-refractivity contribution in [2.45, 2.75) is 109 Å². The van der Waals surface area contributed by atoms with E-state index in [1.807, 2.05) is 34.9 Å². The Hall–Kier alpha value is -3.59. The second kappa shape index (κ2) is 16.0. The molecule has 1 saturated heterocycles. The summed E-state index contributed by atoms with van der Waals surface area (Å²) in [5.41, 5.74) is 4.03. The minimum atomic E-state index is -0.450. The fraction of sp³-hybridized carbons (Fsp3) is 0.550. The molecule has 0 spiro atoms. The second-order valence-corrected chi connectivity index (χ2v) is 15.4. The molecule has 1 unspecified atom stereocenters. The molecule has 262 valence electrons. The molecular formula is C40H52N4O4S. The Morgan fingerprint density at radius 3 is 2.43 bits per heavy atom. The average molecular weight is 685 g/mol. The van der Waals surface area contributed by atoms with Gasteiger partial charge in [0.05, 0.1) is 10.9 Å². The first-order valence-electron chi connectivity index (χ1n) is 18.6. The lowest BCUT2D eigenvalue weighted by atomic mass is 9.81. The maximum absolute atomic E-state index is 14.0. The third-order valence-corrected chi connectivity index (χ3v) is 11.7. The van der Waals surface area contributed by atoms with Crippen LogP contribution in [0.2, 0.25) is 0 Å². The smallest absolute Gasteiger partial charge is 0.254 e. The van der Waals surface area contributed by atoms with Crippen LogP contribution in [0.3, 0.4) is 0 Å². The molecule has 1 saturated carbocycles. The van der Waals surface area contributed by atoms with Crippen molar-refractivity contribution in [3.8, 4) is 0 Å². The summed E-state index contributed by atoms with van der Waals surface area (Å²) in [6.07, 6.45) is 8.42. The molecule has 3 aromatic rings. The van der Waals surface area contributed by atoms with Gasteiger partial charge in [0.15, 0.2) is 0 Å². The number of hydrogen-bond donors (Lipinski definition) is 1. The first kappa shape index (κ1) is 35.2. The molecule has 8 nitrogen and oxygen atoms in total. The van der Waals surface area contributed by atoms with Crippen molar-refractivity contribution < 1.29 is 19.2 Å². The first-order valence-corrected chi connectivity index (χ1v) is 19.6. The lowest BCUT2D eigenvalue weighted by Crippen LogP contribution is -2.39. The molecule has 1 aromatic heterocycles. The van der Waals surface area contributed by atoms with E-state index in [1.165, 1.54) is 15.3 Å². The van der Waals surface area contributed by atoms with E-state index in [4.69, 9.17) is 0 Å². The van der Waals surface area contributed by atoms with Crippen molar-refractivity contribution in [3.63, 3.8) is 0 Å². The van der Waals surface area contributed by atoms with Crippen LogP contribution in [0.5, 0.6) is 0 Å². The summed E-state index contributed by atoms with van der Waals surface area (Å²) in [7, 11) is 0. The molecule has 3 aliphatic rings. The molecule has 1 atom stereocenters. The Morgan fingerprint density at radius 2 is 1.69 bits per heavy atom. The lowest BCUT2D eigenvalue weighted by molar-refractivity contribution is -0.140. The van der Waals surface area contributed by atoms with Gasteiger partial charge < -0.3 is 14.8 Å². The number of carbonyl (C=O) groups is 4. The number of aromatic nitrogens is 1. The van der Waals surface area contributed by atoms with Crippen molar-refractivity contribution >= 4 is 46.2 Å². The molecule has 3 heterocycles. The van der Waals surface area contributed by atoms with E-state index in [-0.39, 0.29) is 41.9 Å². The van der Waals surface area contributed by atoms with Crippen LogP contribution in [0, 0.1) is 11.8 Å². The molecule has 0 bridgehead atoms. The Kier molecular flexibility index (Phi) is 11.5. The number of amides is 4. The molecule has 49 heavy (non-hydrogen) atoms. The minimum absolute atomic E-state index is 0.0403. The van der Waals surface area contributed by atoms with Crippen LogP contribution in [0.25, 0.3) is 10.8 Å². The van der Waals surface area contributed by atoms with Crippen LogP contribution in [0.1, 0.15) is 112 Å². The third kappa shape index (κ3) is 7.47. The maximum atomic E-state index is 14.0. The van der Waals surface area contributed by atoms with Crippen LogP contribution in [0.15, 0.2) is 47.5 Å². The summed E-state index contributed by atoms with van der Waals surface area (Å²) in [6.45, 7) is 9.76. The second-order valence-electron chi connectivity index (χ2n) is 14.1. The van der Waals surface area contributed by atoms with Gasteiger partial charge in [0.25, 0.3) is 5.91 Å². The van der Waals surface area contributed by atoms with Crippen molar-refractivity contribution in [2.24, 2.45) is 11.8 Å². The normalized spacial score (nSPS) is 20.9. The molecule has 1 N–H and O–H groups in total. The highest BCUT2D eigenvalue weighted by atomic mass is 32.2. The van der Waals surface area contributed by atoms with Gasteiger partial charge in [-0.05, 0) is 73.8 Å². The highest BCUT2D eigenvalue weighted by molar-refractivity contribution is 7.99. The van der Waals surface area contributed by atoms with E-state index < -0.39 is 5.92 Å². The van der Waals surface area contributed by atoms with Crippen molar-refractivity contribution in [1.29, 1.82) is 0 Å². The minimum Gasteiger partial charge on any atom is -0.356 e. The van der Waals surface area contributed by atoms with Crippen LogP contribution >= 0.6 is 11.8 Å². The molecule has 0 radical (unpaired) electrons. The Balaban J connectivity index is 1.03. The monoisotopic (exact) mass is 684 g/mol. The van der Waals surface area contributed by atoms with E-state index in [0.29, 0.717) is 19.6 Å². The Labute approximate surface area is 295 Å². The van der Waals surface area contributed by atoms with E-state index >= 15 is 0 Å². The van der Waals surface area contributed by atoms with Crippen LogP contribution < -0.4 is 5.32 Å². The molecule has 6 rings (SSSR count). The number of unbranched alkanes of at least 4 members (excludes halogenated alkanes) is 2. The predicted molar refractivity (Wildman–Crippen MR) is 196 cm³/mol. The zero-order chi connectivity index (χ0) is 34.5. The SMILES string of the molecule is CCCCCn1c(SCC)c2ccccc2c1C1CC(=O)N(CC2CCC(C(=O)NCCc3ccc4c(c3)CN(CCC)C4=O)CC2)C1=O. The number of benzene rings is 2. The topological polar surface area (TPSA) is 91.7 Å². The highest BCUT2D eigenvalue weighted by Gasteiger charge is 2.43. The van der Waals surface area contributed by atoms with Gasteiger partial charge >= 0.3 is 0 Å². The quantitative estimate of drug-likeness (QED) is 0.103. The van der Waals surface area contributed by atoms with Gasteiger partial charge in [0.1, 0.15) is 0 Å². The summed E-state index contributed by atoms with van der Waals surface area (Å²) in [5.74, 6) is 0.750. The standard InChI is InChI=1S/C40H52N4O4S/c1-4-7-10-22-43-36(32-11-8-9-12-33(32)40(43)49-6-3)34-24-35(45)44(39(34)48)25-28-13-16-29(17-14-28)37(46)41-20-19-27-15-18-31-30(23-27)26-42(21-5-2)38(31)47/h8-9,11-12,15,18,23,28-29,34H,4-7,10,13-14,16-17,19-22,24-26H2,1-3H3,(H,41,46). The van der Waals surface area contributed by atoms with Crippen LogP contribution in [-0.4, -0.2) is 63.4 Å².